The van der Waals surface area contributed by atoms with E-state index in [2.05, 4.69) is 12.0 Å². The molecule has 1 amide bonds. The highest BCUT2D eigenvalue weighted by Gasteiger charge is 2.34. The van der Waals surface area contributed by atoms with Crippen LogP contribution < -0.4 is 9.64 Å². The molecular formula is C22H29N3O6S. The molecule has 0 spiro atoms. The van der Waals surface area contributed by atoms with Crippen molar-refractivity contribution in [1.29, 1.82) is 0 Å². The lowest BCUT2D eigenvalue weighted by Gasteiger charge is -2.32. The molecule has 1 saturated carbocycles. The van der Waals surface area contributed by atoms with Crippen molar-refractivity contribution in [3.05, 3.63) is 30.5 Å². The molecule has 3 rings (SSSR count). The predicted molar refractivity (Wildman–Crippen MR) is 119 cm³/mol. The van der Waals surface area contributed by atoms with E-state index in [-0.39, 0.29) is 34.3 Å². The SMILES string of the molecule is CC(C)N(c1nn(-c2ccc(S(C)(=O)=O)cc2)cc1OC(=O)O)C(=O)[C@H]1CC[C@H](C)CC1. The molecule has 1 N–H and O–H groups in total. The molecular weight excluding hydrogens is 434 g/mol. The minimum absolute atomic E-state index is 0.0593. The molecule has 0 unspecified atom stereocenters. The first kappa shape index (κ1) is 23.8. The van der Waals surface area contributed by atoms with Gasteiger partial charge in [-0.3, -0.25) is 9.69 Å². The van der Waals surface area contributed by atoms with Crippen molar-refractivity contribution < 1.29 is 27.9 Å². The van der Waals surface area contributed by atoms with E-state index in [4.69, 9.17) is 4.74 Å². The maximum atomic E-state index is 13.4. The highest BCUT2D eigenvalue weighted by Crippen LogP contribution is 2.35. The summed E-state index contributed by atoms with van der Waals surface area (Å²) in [4.78, 5) is 26.3. The number of sulfone groups is 1. The molecule has 9 nitrogen and oxygen atoms in total. The monoisotopic (exact) mass is 463 g/mol. The lowest BCUT2D eigenvalue weighted by molar-refractivity contribution is -0.124. The topological polar surface area (TPSA) is 119 Å². The van der Waals surface area contributed by atoms with Crippen LogP contribution in [0.4, 0.5) is 10.6 Å². The first-order chi connectivity index (χ1) is 15.0. The van der Waals surface area contributed by atoms with Gasteiger partial charge in [-0.2, -0.15) is 0 Å². The van der Waals surface area contributed by atoms with Crippen molar-refractivity contribution in [3.63, 3.8) is 0 Å². The van der Waals surface area contributed by atoms with E-state index in [1.807, 2.05) is 13.8 Å². The smallest absolute Gasteiger partial charge is 0.449 e. The van der Waals surface area contributed by atoms with E-state index in [1.165, 1.54) is 27.9 Å². The number of rotatable bonds is 6. The second kappa shape index (κ2) is 9.32. The molecule has 1 aromatic carbocycles. The number of carboxylic acid groups (broad SMARTS) is 1. The maximum Gasteiger partial charge on any atom is 0.511 e. The summed E-state index contributed by atoms with van der Waals surface area (Å²) < 4.78 is 29.8. The number of anilines is 1. The van der Waals surface area contributed by atoms with Gasteiger partial charge in [0.1, 0.15) is 0 Å². The van der Waals surface area contributed by atoms with Crippen LogP contribution in [0.5, 0.6) is 5.75 Å². The summed E-state index contributed by atoms with van der Waals surface area (Å²) in [5.74, 6) is 0.408. The normalized spacial score (nSPS) is 19.0. The summed E-state index contributed by atoms with van der Waals surface area (Å²) in [5, 5.41) is 13.7. The summed E-state index contributed by atoms with van der Waals surface area (Å²) in [6.45, 7) is 5.86. The van der Waals surface area contributed by atoms with Gasteiger partial charge in [0.05, 0.1) is 16.8 Å². The number of benzene rings is 1. The maximum absolute atomic E-state index is 13.4. The van der Waals surface area contributed by atoms with Gasteiger partial charge < -0.3 is 9.84 Å². The lowest BCUT2D eigenvalue weighted by Crippen LogP contribution is -2.42. The van der Waals surface area contributed by atoms with Crippen LogP contribution in [0, 0.1) is 11.8 Å². The van der Waals surface area contributed by atoms with Gasteiger partial charge in [-0.25, -0.2) is 17.9 Å². The Hall–Kier alpha value is -2.88. The molecule has 10 heteroatoms. The van der Waals surface area contributed by atoms with Crippen LogP contribution in [-0.4, -0.2) is 47.7 Å². The Morgan fingerprint density at radius 1 is 1.16 bits per heavy atom. The van der Waals surface area contributed by atoms with Gasteiger partial charge in [-0.1, -0.05) is 6.92 Å². The molecule has 0 bridgehead atoms. The fraction of sp³-hybridized carbons (Fsp3) is 0.500. The van der Waals surface area contributed by atoms with Crippen molar-refractivity contribution in [3.8, 4) is 11.4 Å². The van der Waals surface area contributed by atoms with Crippen LogP contribution in [0.15, 0.2) is 35.4 Å². The van der Waals surface area contributed by atoms with Crippen LogP contribution in [0.2, 0.25) is 0 Å². The largest absolute Gasteiger partial charge is 0.511 e. The lowest BCUT2D eigenvalue weighted by atomic mass is 9.82. The van der Waals surface area contributed by atoms with E-state index in [0.717, 1.165) is 31.9 Å². The van der Waals surface area contributed by atoms with Gasteiger partial charge in [-0.05, 0) is 69.7 Å². The van der Waals surface area contributed by atoms with Crippen molar-refractivity contribution in [2.75, 3.05) is 11.2 Å². The quantitative estimate of drug-likeness (QED) is 0.645. The Bertz CT molecular complexity index is 1080. The van der Waals surface area contributed by atoms with E-state index >= 15 is 0 Å². The fourth-order valence-electron chi connectivity index (χ4n) is 3.97. The van der Waals surface area contributed by atoms with Crippen molar-refractivity contribution in [2.24, 2.45) is 11.8 Å². The Balaban J connectivity index is 2.00. The number of hydrogen-bond donors (Lipinski definition) is 1. The molecule has 32 heavy (non-hydrogen) atoms. The van der Waals surface area contributed by atoms with Crippen LogP contribution in [-0.2, 0) is 14.6 Å². The zero-order valence-electron chi connectivity index (χ0n) is 18.7. The Kier molecular flexibility index (Phi) is 6.92. The molecule has 0 atom stereocenters. The predicted octanol–water partition coefficient (Wildman–Crippen LogP) is 3.90. The third-order valence-electron chi connectivity index (χ3n) is 5.74. The van der Waals surface area contributed by atoms with Crippen LogP contribution in [0.1, 0.15) is 46.5 Å². The first-order valence-electron chi connectivity index (χ1n) is 10.6. The Morgan fingerprint density at radius 2 is 1.75 bits per heavy atom. The van der Waals surface area contributed by atoms with Crippen molar-refractivity contribution in [1.82, 2.24) is 9.78 Å². The second-order valence-electron chi connectivity index (χ2n) is 8.65. The van der Waals surface area contributed by atoms with E-state index in [1.54, 1.807) is 12.1 Å². The molecule has 1 aliphatic rings. The fourth-order valence-corrected chi connectivity index (χ4v) is 4.60. The molecule has 1 aromatic heterocycles. The van der Waals surface area contributed by atoms with Gasteiger partial charge in [0.25, 0.3) is 0 Å². The second-order valence-corrected chi connectivity index (χ2v) is 10.7. The molecule has 0 saturated heterocycles. The Morgan fingerprint density at radius 3 is 2.25 bits per heavy atom. The molecule has 1 aliphatic carbocycles. The van der Waals surface area contributed by atoms with E-state index < -0.39 is 16.0 Å². The van der Waals surface area contributed by atoms with Gasteiger partial charge in [0, 0.05) is 18.2 Å². The number of carbonyl (C=O) groups is 2. The third kappa shape index (κ3) is 5.29. The van der Waals surface area contributed by atoms with E-state index in [0.29, 0.717) is 11.6 Å². The Labute approximate surface area is 187 Å². The highest BCUT2D eigenvalue weighted by molar-refractivity contribution is 7.90. The molecule has 174 valence electrons. The van der Waals surface area contributed by atoms with Crippen molar-refractivity contribution >= 4 is 27.7 Å². The van der Waals surface area contributed by atoms with Crippen molar-refractivity contribution in [2.45, 2.75) is 57.4 Å². The van der Waals surface area contributed by atoms with Crippen LogP contribution in [0.25, 0.3) is 5.69 Å². The number of carbonyl (C=O) groups excluding carboxylic acids is 1. The molecule has 1 heterocycles. The summed E-state index contributed by atoms with van der Waals surface area (Å²) in [6.07, 6.45) is 4.50. The molecule has 0 aliphatic heterocycles. The summed E-state index contributed by atoms with van der Waals surface area (Å²) in [7, 11) is -3.36. The van der Waals surface area contributed by atoms with Gasteiger partial charge in [0.2, 0.25) is 11.7 Å². The van der Waals surface area contributed by atoms with Gasteiger partial charge in [0.15, 0.2) is 15.6 Å². The minimum Gasteiger partial charge on any atom is -0.449 e. The van der Waals surface area contributed by atoms with Crippen LogP contribution in [0.3, 0.4) is 0 Å². The zero-order chi connectivity index (χ0) is 23.6. The average Bonchev–Trinajstić information content (AvgIpc) is 3.10. The molecule has 2 aromatic rings. The summed E-state index contributed by atoms with van der Waals surface area (Å²) in [6, 6.07) is 5.73. The zero-order valence-corrected chi connectivity index (χ0v) is 19.5. The molecule has 0 radical (unpaired) electrons. The average molecular weight is 464 g/mol. The van der Waals surface area contributed by atoms with Gasteiger partial charge >= 0.3 is 6.16 Å². The number of amides is 1. The molecule has 1 fully saturated rings. The highest BCUT2D eigenvalue weighted by atomic mass is 32.2. The number of hydrogen-bond acceptors (Lipinski definition) is 6. The standard InChI is InChI=1S/C22H29N3O6S/c1-14(2)25(21(26)16-7-5-15(3)6-8-16)20-19(31-22(27)28)13-24(23-20)17-9-11-18(12-10-17)32(4,29)30/h9-16H,5-8H2,1-4H3,(H,27,28)/t15-,16-. The summed E-state index contributed by atoms with van der Waals surface area (Å²) in [5.41, 5.74) is 0.501. The third-order valence-corrected chi connectivity index (χ3v) is 6.86. The first-order valence-corrected chi connectivity index (χ1v) is 12.5. The number of nitrogens with zero attached hydrogens (tertiary/aromatic N) is 3. The number of aromatic nitrogens is 2. The summed E-state index contributed by atoms with van der Waals surface area (Å²) >= 11 is 0. The van der Waals surface area contributed by atoms with E-state index in [9.17, 15) is 23.1 Å². The number of ether oxygens (including phenoxy) is 1. The van der Waals surface area contributed by atoms with Gasteiger partial charge in [-0.15, -0.1) is 5.10 Å². The minimum atomic E-state index is -3.36. The van der Waals surface area contributed by atoms with Crippen LogP contribution >= 0.6 is 0 Å².